The second-order valence-electron chi connectivity index (χ2n) is 11.5. The molecule has 2 aliphatic heterocycles. The zero-order chi connectivity index (χ0) is 32.3. The second-order valence-corrected chi connectivity index (χ2v) is 12.0. The lowest BCUT2D eigenvalue weighted by molar-refractivity contribution is -0.126. The first-order chi connectivity index (χ1) is 22.9. The van der Waals surface area contributed by atoms with Crippen LogP contribution in [0.5, 0.6) is 0 Å². The fourth-order valence-corrected chi connectivity index (χ4v) is 6.56. The molecule has 2 aliphatic rings. The van der Waals surface area contributed by atoms with Crippen LogP contribution >= 0.6 is 11.6 Å². The minimum absolute atomic E-state index is 0.136. The number of aromatic nitrogens is 6. The van der Waals surface area contributed by atoms with Gasteiger partial charge in [0.1, 0.15) is 12.1 Å². The average Bonchev–Trinajstić information content (AvgIpc) is 3.81. The number of fused-ring (bicyclic) bond motifs is 1. The number of anilines is 1. The highest BCUT2D eigenvalue weighted by molar-refractivity contribution is 6.30. The van der Waals surface area contributed by atoms with E-state index in [2.05, 4.69) is 35.9 Å². The molecular weight excluding hydrogens is 625 g/mol. The van der Waals surface area contributed by atoms with Crippen LogP contribution in [0.25, 0.3) is 22.7 Å². The number of nitrogens with one attached hydrogen (secondary N) is 2. The van der Waals surface area contributed by atoms with Gasteiger partial charge in [-0.2, -0.15) is 9.78 Å². The molecule has 0 saturated carbocycles. The number of aromatic amines is 1. The molecule has 2 aromatic heterocycles. The number of carbonyl (C=O) groups excluding carboxylic acids is 2. The topological polar surface area (TPSA) is 134 Å². The SMILES string of the molecule is O=C(/C=C/c1cc(Cl)ccc1-n1cnnn1)N(C(=O)C1NCC(N2CCOCC2)CC1c1ccc(F)cc1)c1ccc2[nH]ncc2c1. The molecule has 2 amide bonds. The lowest BCUT2D eigenvalue weighted by Gasteiger charge is -2.43. The first-order valence-corrected chi connectivity index (χ1v) is 15.6. The average molecular weight is 656 g/mol. The van der Waals surface area contributed by atoms with E-state index in [0.29, 0.717) is 48.1 Å². The summed E-state index contributed by atoms with van der Waals surface area (Å²) in [6.45, 7) is 3.42. The van der Waals surface area contributed by atoms with E-state index in [9.17, 15) is 14.0 Å². The zero-order valence-electron chi connectivity index (χ0n) is 25.2. The molecular formula is C33H31ClFN9O3. The number of H-pyrrole nitrogens is 1. The van der Waals surface area contributed by atoms with Crippen molar-refractivity contribution in [1.82, 2.24) is 40.6 Å². The van der Waals surface area contributed by atoms with Crippen molar-refractivity contribution in [3.05, 3.63) is 101 Å². The number of morpholine rings is 1. The van der Waals surface area contributed by atoms with Crippen molar-refractivity contribution >= 4 is 46.1 Å². The van der Waals surface area contributed by atoms with Crippen LogP contribution in [-0.2, 0) is 14.3 Å². The van der Waals surface area contributed by atoms with E-state index in [1.165, 1.54) is 34.1 Å². The minimum Gasteiger partial charge on any atom is -0.379 e. The summed E-state index contributed by atoms with van der Waals surface area (Å²) in [5.74, 6) is -1.68. The van der Waals surface area contributed by atoms with Gasteiger partial charge in [-0.05, 0) is 77.0 Å². The fraction of sp³-hybridized carbons (Fsp3) is 0.273. The molecule has 4 heterocycles. The first kappa shape index (κ1) is 30.8. The fourth-order valence-electron chi connectivity index (χ4n) is 6.38. The largest absolute Gasteiger partial charge is 0.379 e. The van der Waals surface area contributed by atoms with E-state index in [-0.39, 0.29) is 17.8 Å². The Hall–Kier alpha value is -4.82. The van der Waals surface area contributed by atoms with Gasteiger partial charge in [0.05, 0.1) is 42.3 Å². The number of piperidine rings is 1. The molecule has 2 saturated heterocycles. The lowest BCUT2D eigenvalue weighted by Crippen LogP contribution is -2.60. The van der Waals surface area contributed by atoms with Gasteiger partial charge >= 0.3 is 0 Å². The summed E-state index contributed by atoms with van der Waals surface area (Å²) in [4.78, 5) is 32.4. The number of tetrazole rings is 1. The summed E-state index contributed by atoms with van der Waals surface area (Å²) >= 11 is 6.31. The van der Waals surface area contributed by atoms with Crippen LogP contribution in [-0.4, -0.2) is 92.1 Å². The van der Waals surface area contributed by atoms with E-state index < -0.39 is 17.9 Å². The Morgan fingerprint density at radius 3 is 2.68 bits per heavy atom. The van der Waals surface area contributed by atoms with Crippen LogP contribution in [0, 0.1) is 5.82 Å². The van der Waals surface area contributed by atoms with Crippen LogP contribution < -0.4 is 10.2 Å². The van der Waals surface area contributed by atoms with E-state index in [1.807, 2.05) is 0 Å². The maximum absolute atomic E-state index is 14.7. The third-order valence-electron chi connectivity index (χ3n) is 8.74. The van der Waals surface area contributed by atoms with Gasteiger partial charge in [-0.3, -0.25) is 19.6 Å². The van der Waals surface area contributed by atoms with Crippen LogP contribution in [0.3, 0.4) is 0 Å². The van der Waals surface area contributed by atoms with E-state index in [1.54, 1.807) is 60.8 Å². The predicted octanol–water partition coefficient (Wildman–Crippen LogP) is 3.75. The number of rotatable bonds is 7. The van der Waals surface area contributed by atoms with Gasteiger partial charge in [-0.25, -0.2) is 9.29 Å². The van der Waals surface area contributed by atoms with Gasteiger partial charge in [0.15, 0.2) is 0 Å². The number of imide groups is 1. The van der Waals surface area contributed by atoms with E-state index in [0.717, 1.165) is 29.6 Å². The molecule has 7 rings (SSSR count). The molecule has 0 aliphatic carbocycles. The Kier molecular flexibility index (Phi) is 8.85. The van der Waals surface area contributed by atoms with Crippen molar-refractivity contribution in [2.75, 3.05) is 37.7 Å². The first-order valence-electron chi connectivity index (χ1n) is 15.3. The number of carbonyl (C=O) groups is 2. The third-order valence-corrected chi connectivity index (χ3v) is 8.98. The summed E-state index contributed by atoms with van der Waals surface area (Å²) in [7, 11) is 0. The van der Waals surface area contributed by atoms with Crippen molar-refractivity contribution in [3.8, 4) is 5.69 Å². The van der Waals surface area contributed by atoms with Crippen LogP contribution in [0.1, 0.15) is 23.5 Å². The summed E-state index contributed by atoms with van der Waals surface area (Å²) in [6.07, 6.45) is 6.64. The molecule has 3 atom stereocenters. The summed E-state index contributed by atoms with van der Waals surface area (Å²) in [6, 6.07) is 16.0. The molecule has 5 aromatic rings. The van der Waals surface area contributed by atoms with Gasteiger partial charge in [0, 0.05) is 53.6 Å². The molecule has 47 heavy (non-hydrogen) atoms. The van der Waals surface area contributed by atoms with Crippen LogP contribution in [0.2, 0.25) is 5.02 Å². The standard InChI is InChI=1S/C33H31ClFN9O3/c34-24-4-9-30(43-20-38-40-41-43)22(15-24)3-10-31(45)44(26-7-8-29-23(16-26)18-37-39-29)33(46)32-28(21-1-5-25(35)6-2-21)17-27(19-36-32)42-11-13-47-14-12-42/h1-10,15-16,18,20,27-28,32,36H,11-14,17,19H2,(H,37,39)/b10-3+. The summed E-state index contributed by atoms with van der Waals surface area (Å²) in [5.41, 5.74) is 3.14. The lowest BCUT2D eigenvalue weighted by atomic mass is 9.81. The van der Waals surface area contributed by atoms with Gasteiger partial charge in [0.2, 0.25) is 0 Å². The molecule has 0 spiro atoms. The van der Waals surface area contributed by atoms with Gasteiger partial charge < -0.3 is 10.1 Å². The highest BCUT2D eigenvalue weighted by Gasteiger charge is 2.41. The Bertz CT molecular complexity index is 1910. The van der Waals surface area contributed by atoms with Crippen molar-refractivity contribution in [1.29, 1.82) is 0 Å². The Morgan fingerprint density at radius 2 is 1.89 bits per heavy atom. The molecule has 2 fully saturated rings. The Morgan fingerprint density at radius 1 is 1.06 bits per heavy atom. The molecule has 3 unspecified atom stereocenters. The highest BCUT2D eigenvalue weighted by Crippen LogP contribution is 2.33. The number of nitrogens with zero attached hydrogens (tertiary/aromatic N) is 7. The van der Waals surface area contributed by atoms with Crippen molar-refractivity contribution < 1.29 is 18.7 Å². The minimum atomic E-state index is -0.766. The summed E-state index contributed by atoms with van der Waals surface area (Å²) in [5, 5.41) is 23.0. The second kappa shape index (κ2) is 13.5. The number of hydrogen-bond donors (Lipinski definition) is 2. The molecule has 240 valence electrons. The van der Waals surface area contributed by atoms with Crippen molar-refractivity contribution in [2.24, 2.45) is 0 Å². The number of benzene rings is 3. The number of amides is 2. The molecule has 14 heteroatoms. The van der Waals surface area contributed by atoms with E-state index in [4.69, 9.17) is 16.3 Å². The highest BCUT2D eigenvalue weighted by atomic mass is 35.5. The molecule has 0 bridgehead atoms. The maximum atomic E-state index is 14.7. The van der Waals surface area contributed by atoms with Gasteiger partial charge in [-0.1, -0.05) is 23.7 Å². The van der Waals surface area contributed by atoms with Crippen molar-refractivity contribution in [2.45, 2.75) is 24.4 Å². The molecule has 3 aromatic carbocycles. The monoisotopic (exact) mass is 655 g/mol. The van der Waals surface area contributed by atoms with Crippen LogP contribution in [0.4, 0.5) is 10.1 Å². The van der Waals surface area contributed by atoms with E-state index >= 15 is 0 Å². The third kappa shape index (κ3) is 6.56. The quantitative estimate of drug-likeness (QED) is 0.252. The normalized spacial score (nSPS) is 20.5. The molecule has 12 nitrogen and oxygen atoms in total. The molecule has 0 radical (unpaired) electrons. The zero-order valence-corrected chi connectivity index (χ0v) is 25.9. The Balaban J connectivity index is 1.25. The van der Waals surface area contributed by atoms with Crippen molar-refractivity contribution in [3.63, 3.8) is 0 Å². The number of halogens is 2. The predicted molar refractivity (Wildman–Crippen MR) is 174 cm³/mol. The maximum Gasteiger partial charge on any atom is 0.257 e. The summed E-state index contributed by atoms with van der Waals surface area (Å²) < 4.78 is 21.0. The van der Waals surface area contributed by atoms with Crippen LogP contribution in [0.15, 0.2) is 79.3 Å². The number of hydrogen-bond acceptors (Lipinski definition) is 9. The Labute approximate surface area is 274 Å². The number of ether oxygens (including phenoxy) is 1. The smallest absolute Gasteiger partial charge is 0.257 e. The van der Waals surface area contributed by atoms with Gasteiger partial charge in [0.25, 0.3) is 11.8 Å². The van der Waals surface area contributed by atoms with Gasteiger partial charge in [-0.15, -0.1) is 5.10 Å². The molecule has 2 N–H and O–H groups in total.